The fourth-order valence-electron chi connectivity index (χ4n) is 4.28. The van der Waals surface area contributed by atoms with E-state index in [-0.39, 0.29) is 17.6 Å². The van der Waals surface area contributed by atoms with Gasteiger partial charge >= 0.3 is 6.03 Å². The minimum absolute atomic E-state index is 0.0184. The van der Waals surface area contributed by atoms with Crippen LogP contribution in [0.15, 0.2) is 42.5 Å². The molecule has 1 N–H and O–H groups in total. The van der Waals surface area contributed by atoms with Crippen molar-refractivity contribution in [2.24, 2.45) is 5.92 Å². The molecule has 1 heterocycles. The first-order chi connectivity index (χ1) is 13.9. The van der Waals surface area contributed by atoms with Gasteiger partial charge in [-0.3, -0.25) is 0 Å². The van der Waals surface area contributed by atoms with Gasteiger partial charge in [-0.2, -0.15) is 0 Å². The molecule has 2 amide bonds. The molecule has 1 fully saturated rings. The average Bonchev–Trinajstić information content (AvgIpc) is 2.70. The second-order valence-corrected chi connectivity index (χ2v) is 9.26. The highest BCUT2D eigenvalue weighted by Crippen LogP contribution is 2.26. The molecular formula is C25H36N2O2. The van der Waals surface area contributed by atoms with E-state index in [0.29, 0.717) is 0 Å². The number of hydrogen-bond donors (Lipinski definition) is 1. The molecule has 4 nitrogen and oxygen atoms in total. The molecule has 0 saturated carbocycles. The molecule has 29 heavy (non-hydrogen) atoms. The number of nitrogens with one attached hydrogen (secondary N) is 1. The molecule has 4 heteroatoms. The molecule has 0 aliphatic carbocycles. The van der Waals surface area contributed by atoms with E-state index in [0.717, 1.165) is 50.5 Å². The van der Waals surface area contributed by atoms with Crippen LogP contribution in [0.5, 0.6) is 0 Å². The van der Waals surface area contributed by atoms with Crippen LogP contribution in [0.25, 0.3) is 10.8 Å². The molecular weight excluding hydrogens is 360 g/mol. The number of carbonyl (C=O) groups is 1. The van der Waals surface area contributed by atoms with Gasteiger partial charge in [0.1, 0.15) is 0 Å². The lowest BCUT2D eigenvalue weighted by molar-refractivity contribution is 0.0613. The summed E-state index contributed by atoms with van der Waals surface area (Å²) in [5, 5.41) is 5.65. The smallest absolute Gasteiger partial charge is 0.318 e. The quantitative estimate of drug-likeness (QED) is 0.659. The summed E-state index contributed by atoms with van der Waals surface area (Å²) in [5.74, 6) is 0.739. The van der Waals surface area contributed by atoms with Crippen LogP contribution >= 0.6 is 0 Å². The summed E-state index contributed by atoms with van der Waals surface area (Å²) in [6.07, 6.45) is 4.51. The van der Waals surface area contributed by atoms with E-state index in [2.05, 4.69) is 75.5 Å². The molecule has 0 radical (unpaired) electrons. The van der Waals surface area contributed by atoms with Crippen molar-refractivity contribution in [1.29, 1.82) is 0 Å². The fourth-order valence-corrected chi connectivity index (χ4v) is 4.28. The zero-order valence-electron chi connectivity index (χ0n) is 18.4. The summed E-state index contributed by atoms with van der Waals surface area (Å²) in [5.41, 5.74) is 0.950. The second kappa shape index (κ2) is 9.62. The molecule has 2 aromatic rings. The zero-order valence-corrected chi connectivity index (χ0v) is 18.4. The molecule has 0 bridgehead atoms. The lowest BCUT2D eigenvalue weighted by Crippen LogP contribution is -2.51. The summed E-state index contributed by atoms with van der Waals surface area (Å²) >= 11 is 0. The number of hydrogen-bond acceptors (Lipinski definition) is 2. The number of carbonyl (C=O) groups excluding carboxylic acids is 1. The number of rotatable bonds is 6. The molecule has 2 aromatic carbocycles. The number of amides is 2. The van der Waals surface area contributed by atoms with Gasteiger partial charge in [-0.25, -0.2) is 4.79 Å². The monoisotopic (exact) mass is 396 g/mol. The molecule has 1 aliphatic heterocycles. The zero-order chi connectivity index (χ0) is 20.9. The molecule has 1 aliphatic rings. The van der Waals surface area contributed by atoms with Crippen LogP contribution < -0.4 is 5.32 Å². The van der Waals surface area contributed by atoms with E-state index in [1.54, 1.807) is 0 Å². The molecule has 0 unspecified atom stereocenters. The van der Waals surface area contributed by atoms with E-state index in [1.165, 1.54) is 17.2 Å². The van der Waals surface area contributed by atoms with E-state index >= 15 is 0 Å². The van der Waals surface area contributed by atoms with Crippen molar-refractivity contribution in [1.82, 2.24) is 10.2 Å². The highest BCUT2D eigenvalue weighted by atomic mass is 16.5. The number of ether oxygens (including phenoxy) is 1. The Kier molecular flexibility index (Phi) is 7.18. The third-order valence-electron chi connectivity index (χ3n) is 6.02. The minimum atomic E-state index is -0.210. The highest BCUT2D eigenvalue weighted by Gasteiger charge is 2.27. The van der Waals surface area contributed by atoms with E-state index in [1.807, 2.05) is 4.90 Å². The first-order valence-electron chi connectivity index (χ1n) is 11.0. The molecule has 158 valence electrons. The van der Waals surface area contributed by atoms with Crippen molar-refractivity contribution in [3.8, 4) is 0 Å². The largest absolute Gasteiger partial charge is 0.381 e. The molecule has 1 atom stereocenters. The van der Waals surface area contributed by atoms with E-state index in [9.17, 15) is 4.79 Å². The summed E-state index contributed by atoms with van der Waals surface area (Å²) in [6.45, 7) is 11.0. The summed E-state index contributed by atoms with van der Waals surface area (Å²) in [7, 11) is 0. The molecule has 3 rings (SSSR count). The predicted molar refractivity (Wildman–Crippen MR) is 120 cm³/mol. The number of fused-ring (bicyclic) bond motifs is 1. The highest BCUT2D eigenvalue weighted by molar-refractivity contribution is 5.86. The maximum Gasteiger partial charge on any atom is 0.318 e. The number of urea groups is 1. The van der Waals surface area contributed by atoms with Gasteiger partial charge in [0.05, 0.1) is 6.04 Å². The number of benzene rings is 2. The third kappa shape index (κ3) is 5.72. The Balaban J connectivity index is 1.64. The minimum Gasteiger partial charge on any atom is -0.381 e. The van der Waals surface area contributed by atoms with Crippen LogP contribution in [-0.4, -0.2) is 36.2 Å². The maximum absolute atomic E-state index is 13.2. The summed E-state index contributed by atoms with van der Waals surface area (Å²) in [4.78, 5) is 15.2. The standard InChI is InChI=1S/C25H36N2O2/c1-19(22-13-7-11-21-10-5-6-12-23(21)22)26-24(28)27(25(2,3)4)16-8-9-20-14-17-29-18-15-20/h5-7,10-13,19-20H,8-9,14-18H2,1-4H3,(H,26,28)/t19-/m0/s1. The Hall–Kier alpha value is -2.07. The Morgan fingerprint density at radius 1 is 1.14 bits per heavy atom. The van der Waals surface area contributed by atoms with Gasteiger partial charge in [0.25, 0.3) is 0 Å². The first-order valence-corrected chi connectivity index (χ1v) is 11.0. The van der Waals surface area contributed by atoms with Gasteiger partial charge in [0, 0.05) is 25.3 Å². The van der Waals surface area contributed by atoms with Gasteiger partial charge in [0.15, 0.2) is 0 Å². The van der Waals surface area contributed by atoms with Crippen LogP contribution in [0.4, 0.5) is 4.79 Å². The Bertz CT molecular complexity index is 801. The summed E-state index contributed by atoms with van der Waals surface area (Å²) < 4.78 is 5.46. The lowest BCUT2D eigenvalue weighted by Gasteiger charge is -2.37. The van der Waals surface area contributed by atoms with Crippen LogP contribution in [0, 0.1) is 5.92 Å². The maximum atomic E-state index is 13.2. The van der Waals surface area contributed by atoms with Gasteiger partial charge < -0.3 is 15.0 Å². The SMILES string of the molecule is C[C@H](NC(=O)N(CCCC1CCOCC1)C(C)(C)C)c1cccc2ccccc12. The molecule has 0 aromatic heterocycles. The predicted octanol–water partition coefficient (Wildman–Crippen LogP) is 5.92. The van der Waals surface area contributed by atoms with Gasteiger partial charge in [-0.15, -0.1) is 0 Å². The van der Waals surface area contributed by atoms with Crippen molar-refractivity contribution in [3.05, 3.63) is 48.0 Å². The third-order valence-corrected chi connectivity index (χ3v) is 6.02. The van der Waals surface area contributed by atoms with Crippen LogP contribution in [0.2, 0.25) is 0 Å². The second-order valence-electron chi connectivity index (χ2n) is 9.26. The van der Waals surface area contributed by atoms with E-state index < -0.39 is 0 Å². The van der Waals surface area contributed by atoms with Gasteiger partial charge in [0.2, 0.25) is 0 Å². The Morgan fingerprint density at radius 2 is 1.83 bits per heavy atom. The summed E-state index contributed by atoms with van der Waals surface area (Å²) in [6, 6.07) is 14.6. The molecule has 0 spiro atoms. The van der Waals surface area contributed by atoms with Crippen LogP contribution in [0.3, 0.4) is 0 Å². The lowest BCUT2D eigenvalue weighted by atomic mass is 9.94. The van der Waals surface area contributed by atoms with Crippen molar-refractivity contribution in [3.63, 3.8) is 0 Å². The first kappa shape index (κ1) is 21.6. The Labute approximate surface area is 175 Å². The van der Waals surface area contributed by atoms with Gasteiger partial charge in [-0.1, -0.05) is 42.5 Å². The topological polar surface area (TPSA) is 41.6 Å². The van der Waals surface area contributed by atoms with E-state index in [4.69, 9.17) is 4.74 Å². The van der Waals surface area contributed by atoms with Crippen LogP contribution in [-0.2, 0) is 4.74 Å². The van der Waals surface area contributed by atoms with Crippen molar-refractivity contribution in [2.75, 3.05) is 19.8 Å². The number of nitrogens with zero attached hydrogens (tertiary/aromatic N) is 1. The fraction of sp³-hybridized carbons (Fsp3) is 0.560. The van der Waals surface area contributed by atoms with Crippen molar-refractivity contribution >= 4 is 16.8 Å². The normalized spacial score (nSPS) is 16.6. The van der Waals surface area contributed by atoms with Gasteiger partial charge in [-0.05, 0) is 75.6 Å². The molecule has 1 saturated heterocycles. The van der Waals surface area contributed by atoms with Crippen molar-refractivity contribution in [2.45, 2.75) is 65.0 Å². The average molecular weight is 397 g/mol. The van der Waals surface area contributed by atoms with Crippen molar-refractivity contribution < 1.29 is 9.53 Å². The Morgan fingerprint density at radius 3 is 2.55 bits per heavy atom. The van der Waals surface area contributed by atoms with Crippen LogP contribution in [0.1, 0.15) is 65.0 Å².